The molecule has 0 saturated carbocycles. The lowest BCUT2D eigenvalue weighted by atomic mass is 9.99. The summed E-state index contributed by atoms with van der Waals surface area (Å²) in [4.78, 5) is 17.0. The van der Waals surface area contributed by atoms with Gasteiger partial charge in [0, 0.05) is 37.4 Å². The molecule has 3 nitrogen and oxygen atoms in total. The van der Waals surface area contributed by atoms with Crippen LogP contribution in [0.2, 0.25) is 0 Å². The van der Waals surface area contributed by atoms with Crippen LogP contribution in [-0.4, -0.2) is 37.0 Å². The predicted molar refractivity (Wildman–Crippen MR) is 111 cm³/mol. The minimum absolute atomic E-state index is 0.00528. The Morgan fingerprint density at radius 1 is 0.833 bits per heavy atom. The molecule has 1 aliphatic carbocycles. The van der Waals surface area contributed by atoms with Crippen LogP contribution in [0.15, 0.2) is 54.6 Å². The maximum Gasteiger partial charge on any atom is 0.416 e. The van der Waals surface area contributed by atoms with Gasteiger partial charge in [-0.05, 0) is 59.0 Å². The minimum atomic E-state index is -4.36. The van der Waals surface area contributed by atoms with Crippen molar-refractivity contribution >= 4 is 22.4 Å². The Bertz CT molecular complexity index is 1120. The summed E-state index contributed by atoms with van der Waals surface area (Å²) in [5.41, 5.74) is 3.21. The molecular weight excluding hydrogens is 389 g/mol. The first-order valence-corrected chi connectivity index (χ1v) is 10.2. The minimum Gasteiger partial charge on any atom is -0.368 e. The van der Waals surface area contributed by atoms with Gasteiger partial charge in [0.2, 0.25) is 0 Å². The number of halogens is 3. The average Bonchev–Trinajstić information content (AvgIpc) is 3.18. The van der Waals surface area contributed by atoms with Crippen LogP contribution >= 0.6 is 0 Å². The molecule has 1 aliphatic heterocycles. The lowest BCUT2D eigenvalue weighted by molar-refractivity contribution is -0.137. The average molecular weight is 410 g/mol. The van der Waals surface area contributed by atoms with Crippen molar-refractivity contribution < 1.29 is 18.0 Å². The van der Waals surface area contributed by atoms with E-state index in [0.29, 0.717) is 37.4 Å². The van der Waals surface area contributed by atoms with Crippen molar-refractivity contribution in [1.29, 1.82) is 0 Å². The quantitative estimate of drug-likeness (QED) is 0.599. The summed E-state index contributed by atoms with van der Waals surface area (Å²) >= 11 is 0. The van der Waals surface area contributed by atoms with Crippen LogP contribution in [0.1, 0.15) is 27.0 Å². The number of nitrogens with zero attached hydrogens (tertiary/aromatic N) is 2. The van der Waals surface area contributed by atoms with E-state index in [1.807, 2.05) is 28.0 Å². The number of hydrogen-bond acceptors (Lipinski definition) is 2. The summed E-state index contributed by atoms with van der Waals surface area (Å²) in [7, 11) is 0. The molecule has 3 aromatic carbocycles. The SMILES string of the molecule is O=C(c1ccc2c3c(cccc13)CC2)N1CCN(c2cccc(C(F)(F)F)c2)CC1. The zero-order chi connectivity index (χ0) is 20.9. The summed E-state index contributed by atoms with van der Waals surface area (Å²) in [5, 5.41) is 2.22. The van der Waals surface area contributed by atoms with Gasteiger partial charge in [0.15, 0.2) is 0 Å². The van der Waals surface area contributed by atoms with E-state index in [0.717, 1.165) is 24.3 Å². The van der Waals surface area contributed by atoms with Crippen molar-refractivity contribution in [2.75, 3.05) is 31.1 Å². The number of amides is 1. The first-order chi connectivity index (χ1) is 14.4. The molecule has 154 valence electrons. The van der Waals surface area contributed by atoms with Gasteiger partial charge in [0.05, 0.1) is 5.56 Å². The van der Waals surface area contributed by atoms with Gasteiger partial charge in [-0.3, -0.25) is 4.79 Å². The number of piperazine rings is 1. The van der Waals surface area contributed by atoms with Crippen LogP contribution in [0.4, 0.5) is 18.9 Å². The molecule has 0 spiro atoms. The number of hydrogen-bond donors (Lipinski definition) is 0. The Morgan fingerprint density at radius 3 is 2.27 bits per heavy atom. The number of carbonyl (C=O) groups excluding carboxylic acids is 1. The van der Waals surface area contributed by atoms with E-state index in [2.05, 4.69) is 12.1 Å². The van der Waals surface area contributed by atoms with E-state index >= 15 is 0 Å². The number of benzene rings is 3. The summed E-state index contributed by atoms with van der Waals surface area (Å²) in [6.07, 6.45) is -2.33. The number of alkyl halides is 3. The van der Waals surface area contributed by atoms with Crippen LogP contribution < -0.4 is 4.90 Å². The highest BCUT2D eigenvalue weighted by atomic mass is 19.4. The summed E-state index contributed by atoms with van der Waals surface area (Å²) in [6.45, 7) is 1.98. The van der Waals surface area contributed by atoms with Crippen LogP contribution in [0, 0.1) is 0 Å². The molecule has 1 heterocycles. The predicted octanol–water partition coefficient (Wildman–Crippen LogP) is 4.92. The second-order valence-electron chi connectivity index (χ2n) is 7.94. The fourth-order valence-electron chi connectivity index (χ4n) is 4.65. The highest BCUT2D eigenvalue weighted by Gasteiger charge is 2.31. The molecule has 5 rings (SSSR count). The maximum atomic E-state index is 13.2. The lowest BCUT2D eigenvalue weighted by Crippen LogP contribution is -2.48. The second kappa shape index (κ2) is 7.04. The van der Waals surface area contributed by atoms with E-state index in [-0.39, 0.29) is 5.91 Å². The van der Waals surface area contributed by atoms with Crippen LogP contribution in [0.3, 0.4) is 0 Å². The van der Waals surface area contributed by atoms with Crippen molar-refractivity contribution in [3.8, 4) is 0 Å². The lowest BCUT2D eigenvalue weighted by Gasteiger charge is -2.36. The van der Waals surface area contributed by atoms with Gasteiger partial charge in [0.25, 0.3) is 5.91 Å². The van der Waals surface area contributed by atoms with Crippen LogP contribution in [0.25, 0.3) is 10.8 Å². The van der Waals surface area contributed by atoms with Gasteiger partial charge in [-0.2, -0.15) is 13.2 Å². The Labute approximate surface area is 172 Å². The molecule has 0 unspecified atom stereocenters. The molecule has 2 aliphatic rings. The van der Waals surface area contributed by atoms with Crippen molar-refractivity contribution in [3.05, 3.63) is 76.9 Å². The van der Waals surface area contributed by atoms with Gasteiger partial charge < -0.3 is 9.80 Å². The summed E-state index contributed by atoms with van der Waals surface area (Å²) in [6, 6.07) is 15.5. The zero-order valence-corrected chi connectivity index (χ0v) is 16.4. The standard InChI is InChI=1S/C24H21F3N2O/c25-24(26,27)18-4-2-5-19(15-18)28-11-13-29(14-12-28)23(30)21-10-9-17-8-7-16-3-1-6-20(21)22(16)17/h1-6,9-10,15H,7-8,11-14H2. The number of anilines is 1. The van der Waals surface area contributed by atoms with Gasteiger partial charge in [-0.15, -0.1) is 0 Å². The monoisotopic (exact) mass is 410 g/mol. The molecule has 3 aromatic rings. The third-order valence-corrected chi connectivity index (χ3v) is 6.21. The largest absolute Gasteiger partial charge is 0.416 e. The van der Waals surface area contributed by atoms with Crippen molar-refractivity contribution in [3.63, 3.8) is 0 Å². The fourth-order valence-corrected chi connectivity index (χ4v) is 4.65. The molecule has 0 bridgehead atoms. The smallest absolute Gasteiger partial charge is 0.368 e. The van der Waals surface area contributed by atoms with E-state index in [4.69, 9.17) is 0 Å². The molecule has 0 atom stereocenters. The van der Waals surface area contributed by atoms with E-state index in [1.165, 1.54) is 28.6 Å². The first-order valence-electron chi connectivity index (χ1n) is 10.2. The number of rotatable bonds is 2. The third kappa shape index (κ3) is 3.20. The molecule has 0 aromatic heterocycles. The first kappa shape index (κ1) is 19.0. The molecule has 30 heavy (non-hydrogen) atoms. The van der Waals surface area contributed by atoms with Gasteiger partial charge in [-0.1, -0.05) is 30.3 Å². The number of aryl methyl sites for hydroxylation is 2. The normalized spacial score (nSPS) is 16.4. The van der Waals surface area contributed by atoms with Crippen LogP contribution in [0.5, 0.6) is 0 Å². The Morgan fingerprint density at radius 2 is 1.53 bits per heavy atom. The van der Waals surface area contributed by atoms with Gasteiger partial charge >= 0.3 is 6.18 Å². The highest BCUT2D eigenvalue weighted by molar-refractivity contribution is 6.09. The molecule has 0 radical (unpaired) electrons. The van der Waals surface area contributed by atoms with Crippen LogP contribution in [-0.2, 0) is 19.0 Å². The summed E-state index contributed by atoms with van der Waals surface area (Å²) in [5.74, 6) is -0.00528. The molecule has 1 saturated heterocycles. The molecular formula is C24H21F3N2O. The molecule has 6 heteroatoms. The molecule has 0 N–H and O–H groups in total. The second-order valence-corrected chi connectivity index (χ2v) is 7.94. The number of carbonyl (C=O) groups is 1. The van der Waals surface area contributed by atoms with Gasteiger partial charge in [0.1, 0.15) is 0 Å². The molecule has 1 amide bonds. The van der Waals surface area contributed by atoms with Crippen molar-refractivity contribution in [1.82, 2.24) is 4.90 Å². The Kier molecular flexibility index (Phi) is 4.45. The Balaban J connectivity index is 1.35. The Hall–Kier alpha value is -3.02. The van der Waals surface area contributed by atoms with Gasteiger partial charge in [-0.25, -0.2) is 0 Å². The third-order valence-electron chi connectivity index (χ3n) is 6.21. The topological polar surface area (TPSA) is 23.6 Å². The van der Waals surface area contributed by atoms with E-state index in [9.17, 15) is 18.0 Å². The fraction of sp³-hybridized carbons (Fsp3) is 0.292. The van der Waals surface area contributed by atoms with E-state index < -0.39 is 11.7 Å². The molecule has 1 fully saturated rings. The van der Waals surface area contributed by atoms with Crippen molar-refractivity contribution in [2.45, 2.75) is 19.0 Å². The van der Waals surface area contributed by atoms with E-state index in [1.54, 1.807) is 6.07 Å². The van der Waals surface area contributed by atoms with Crippen molar-refractivity contribution in [2.24, 2.45) is 0 Å². The zero-order valence-electron chi connectivity index (χ0n) is 16.4. The summed E-state index contributed by atoms with van der Waals surface area (Å²) < 4.78 is 39.0. The highest BCUT2D eigenvalue weighted by Crippen LogP contribution is 2.34. The maximum absolute atomic E-state index is 13.2.